The van der Waals surface area contributed by atoms with E-state index >= 15 is 0 Å². The van der Waals surface area contributed by atoms with Gasteiger partial charge in [-0.25, -0.2) is 0 Å². The van der Waals surface area contributed by atoms with Gasteiger partial charge < -0.3 is 0 Å². The summed E-state index contributed by atoms with van der Waals surface area (Å²) in [7, 11) is 0.201. The second-order valence-corrected chi connectivity index (χ2v) is 6.85. The van der Waals surface area contributed by atoms with Crippen LogP contribution in [0.5, 0.6) is 0 Å². The summed E-state index contributed by atoms with van der Waals surface area (Å²) in [6, 6.07) is 0. The lowest BCUT2D eigenvalue weighted by Crippen LogP contribution is -2.11. The van der Waals surface area contributed by atoms with Crippen LogP contribution < -0.4 is 0 Å². The van der Waals surface area contributed by atoms with E-state index in [0.717, 1.165) is 0 Å². The van der Waals surface area contributed by atoms with Crippen LogP contribution in [-0.4, -0.2) is 18.0 Å². The molecule has 0 bridgehead atoms. The van der Waals surface area contributed by atoms with Gasteiger partial charge >= 0.3 is 0 Å². The summed E-state index contributed by atoms with van der Waals surface area (Å²) in [5.41, 5.74) is 0. The van der Waals surface area contributed by atoms with E-state index in [9.17, 15) is 0 Å². The molecule has 0 aliphatic heterocycles. The fraction of sp³-hybridized carbons (Fsp3) is 0.778. The summed E-state index contributed by atoms with van der Waals surface area (Å²) in [5.74, 6) is 0. The molecule has 0 N–H and O–H groups in total. The fourth-order valence-corrected chi connectivity index (χ4v) is 1.86. The monoisotopic (exact) mass is 158 g/mol. The van der Waals surface area contributed by atoms with Gasteiger partial charge in [0.25, 0.3) is 0 Å². The van der Waals surface area contributed by atoms with Crippen molar-refractivity contribution in [1.82, 2.24) is 0 Å². The Bertz CT molecular complexity index is 99.8. The molecular weight excluding hydrogens is 139 g/mol. The Labute approximate surface area is 66.5 Å². The minimum Gasteiger partial charge on any atom is -0.104 e. The standard InChI is InChI=1S/C9H19P/c1-6-7-8-10(5)9(2,3)4/h6H,1,7-8H2,2-5H3. The first-order valence-electron chi connectivity index (χ1n) is 3.80. The predicted molar refractivity (Wildman–Crippen MR) is 52.3 cm³/mol. The first-order valence-corrected chi connectivity index (χ1v) is 5.78. The van der Waals surface area contributed by atoms with Crippen LogP contribution in [0.4, 0.5) is 0 Å². The average molecular weight is 158 g/mol. The SMILES string of the molecule is C=CCCP(C)C(C)(C)C. The fourth-order valence-electron chi connectivity index (χ4n) is 0.620. The Hall–Kier alpha value is 0.170. The van der Waals surface area contributed by atoms with Gasteiger partial charge in [0.1, 0.15) is 0 Å². The van der Waals surface area contributed by atoms with Crippen LogP contribution in [0.25, 0.3) is 0 Å². The van der Waals surface area contributed by atoms with Crippen LogP contribution in [0, 0.1) is 0 Å². The van der Waals surface area contributed by atoms with Gasteiger partial charge in [0, 0.05) is 0 Å². The average Bonchev–Trinajstić information content (AvgIpc) is 1.80. The lowest BCUT2D eigenvalue weighted by Gasteiger charge is -2.27. The molecule has 0 amide bonds. The number of rotatable bonds is 3. The maximum absolute atomic E-state index is 3.73. The zero-order valence-corrected chi connectivity index (χ0v) is 8.54. The lowest BCUT2D eigenvalue weighted by atomic mass is 10.3. The van der Waals surface area contributed by atoms with Crippen molar-refractivity contribution in [2.75, 3.05) is 12.8 Å². The summed E-state index contributed by atoms with van der Waals surface area (Å²) < 4.78 is 0. The molecule has 0 aromatic heterocycles. The molecule has 1 heteroatoms. The molecule has 0 spiro atoms. The van der Waals surface area contributed by atoms with Gasteiger partial charge in [-0.2, -0.15) is 0 Å². The van der Waals surface area contributed by atoms with E-state index in [4.69, 9.17) is 0 Å². The van der Waals surface area contributed by atoms with Crippen molar-refractivity contribution in [3.63, 3.8) is 0 Å². The van der Waals surface area contributed by atoms with Crippen molar-refractivity contribution in [2.24, 2.45) is 0 Å². The van der Waals surface area contributed by atoms with E-state index in [2.05, 4.69) is 34.0 Å². The summed E-state index contributed by atoms with van der Waals surface area (Å²) in [6.07, 6.45) is 4.53. The van der Waals surface area contributed by atoms with Crippen molar-refractivity contribution in [3.05, 3.63) is 12.7 Å². The Morgan fingerprint density at radius 1 is 1.40 bits per heavy atom. The molecule has 0 fully saturated rings. The van der Waals surface area contributed by atoms with Crippen molar-refractivity contribution < 1.29 is 0 Å². The van der Waals surface area contributed by atoms with E-state index in [1.165, 1.54) is 12.6 Å². The van der Waals surface area contributed by atoms with Crippen LogP contribution >= 0.6 is 7.92 Å². The normalized spacial score (nSPS) is 14.8. The smallest absolute Gasteiger partial charge is 0.0182 e. The minimum atomic E-state index is 0.201. The van der Waals surface area contributed by atoms with E-state index < -0.39 is 0 Å². The Balaban J connectivity index is 3.61. The molecule has 1 atom stereocenters. The largest absolute Gasteiger partial charge is 0.104 e. The Morgan fingerprint density at radius 2 is 1.90 bits per heavy atom. The molecule has 10 heavy (non-hydrogen) atoms. The maximum atomic E-state index is 3.73. The molecule has 60 valence electrons. The number of hydrogen-bond acceptors (Lipinski definition) is 0. The quantitative estimate of drug-likeness (QED) is 0.436. The predicted octanol–water partition coefficient (Wildman–Crippen LogP) is 3.47. The molecule has 0 radical (unpaired) electrons. The van der Waals surface area contributed by atoms with Gasteiger partial charge in [-0.1, -0.05) is 26.8 Å². The molecule has 1 unspecified atom stereocenters. The van der Waals surface area contributed by atoms with Crippen LogP contribution in [0.1, 0.15) is 27.2 Å². The summed E-state index contributed by atoms with van der Waals surface area (Å²) >= 11 is 0. The third-order valence-corrected chi connectivity index (χ3v) is 5.03. The molecule has 0 aliphatic carbocycles. The van der Waals surface area contributed by atoms with Gasteiger partial charge in [-0.3, -0.25) is 0 Å². The van der Waals surface area contributed by atoms with Gasteiger partial charge in [-0.05, 0) is 24.4 Å². The van der Waals surface area contributed by atoms with E-state index in [-0.39, 0.29) is 7.92 Å². The van der Waals surface area contributed by atoms with Crippen molar-refractivity contribution in [3.8, 4) is 0 Å². The van der Waals surface area contributed by atoms with Gasteiger partial charge in [-0.15, -0.1) is 14.5 Å². The van der Waals surface area contributed by atoms with Crippen LogP contribution in [-0.2, 0) is 0 Å². The van der Waals surface area contributed by atoms with E-state index in [1.807, 2.05) is 6.08 Å². The van der Waals surface area contributed by atoms with Crippen LogP contribution in [0.15, 0.2) is 12.7 Å². The highest BCUT2D eigenvalue weighted by Gasteiger charge is 2.17. The Kier molecular flexibility index (Phi) is 4.20. The molecule has 0 saturated heterocycles. The molecule has 0 rings (SSSR count). The first-order chi connectivity index (χ1) is 4.48. The van der Waals surface area contributed by atoms with Gasteiger partial charge in [0.2, 0.25) is 0 Å². The number of hydrogen-bond donors (Lipinski definition) is 0. The minimum absolute atomic E-state index is 0.201. The van der Waals surface area contributed by atoms with E-state index in [1.54, 1.807) is 0 Å². The second-order valence-electron chi connectivity index (χ2n) is 3.67. The second kappa shape index (κ2) is 4.13. The highest BCUT2D eigenvalue weighted by molar-refractivity contribution is 7.58. The zero-order valence-electron chi connectivity index (χ0n) is 7.65. The molecule has 0 heterocycles. The molecule has 0 aromatic rings. The van der Waals surface area contributed by atoms with Gasteiger partial charge in [0.15, 0.2) is 0 Å². The molecule has 0 saturated carbocycles. The van der Waals surface area contributed by atoms with Crippen molar-refractivity contribution >= 4 is 7.92 Å². The van der Waals surface area contributed by atoms with E-state index in [0.29, 0.717) is 5.16 Å². The first kappa shape index (κ1) is 10.2. The zero-order chi connectivity index (χ0) is 8.20. The van der Waals surface area contributed by atoms with Crippen LogP contribution in [0.3, 0.4) is 0 Å². The topological polar surface area (TPSA) is 0 Å². The summed E-state index contributed by atoms with van der Waals surface area (Å²) in [6.45, 7) is 13.1. The van der Waals surface area contributed by atoms with Crippen LogP contribution in [0.2, 0.25) is 0 Å². The lowest BCUT2D eigenvalue weighted by molar-refractivity contribution is 0.782. The summed E-state index contributed by atoms with van der Waals surface area (Å²) in [5, 5.41) is 0.526. The summed E-state index contributed by atoms with van der Waals surface area (Å²) in [4.78, 5) is 0. The number of allylic oxidation sites excluding steroid dienone is 1. The van der Waals surface area contributed by atoms with Crippen molar-refractivity contribution in [1.29, 1.82) is 0 Å². The van der Waals surface area contributed by atoms with Crippen molar-refractivity contribution in [2.45, 2.75) is 32.3 Å². The third kappa shape index (κ3) is 4.06. The molecule has 0 nitrogen and oxygen atoms in total. The highest BCUT2D eigenvalue weighted by atomic mass is 31.1. The molecule has 0 aromatic carbocycles. The maximum Gasteiger partial charge on any atom is -0.0182 e. The van der Waals surface area contributed by atoms with Gasteiger partial charge in [0.05, 0.1) is 0 Å². The molecule has 0 aliphatic rings. The Morgan fingerprint density at radius 3 is 2.20 bits per heavy atom. The molecular formula is C9H19P. The highest BCUT2D eigenvalue weighted by Crippen LogP contribution is 2.45. The third-order valence-electron chi connectivity index (χ3n) is 1.81.